The van der Waals surface area contributed by atoms with E-state index in [4.69, 9.17) is 4.84 Å². The number of carbonyl (C=O) groups is 2. The van der Waals surface area contributed by atoms with Crippen molar-refractivity contribution in [3.8, 4) is 0 Å². The topological polar surface area (TPSA) is 128 Å². The van der Waals surface area contributed by atoms with Crippen molar-refractivity contribution in [3.05, 3.63) is 0 Å². The molecule has 8 heteroatoms. The van der Waals surface area contributed by atoms with Crippen LogP contribution < -0.4 is 10.8 Å². The fourth-order valence-electron chi connectivity index (χ4n) is 2.82. The highest BCUT2D eigenvalue weighted by atomic mass is 16.7. The lowest BCUT2D eigenvalue weighted by Crippen LogP contribution is -2.44. The van der Waals surface area contributed by atoms with Crippen molar-refractivity contribution in [1.82, 2.24) is 10.8 Å². The molecule has 160 valence electrons. The van der Waals surface area contributed by atoms with Crippen LogP contribution in [0.25, 0.3) is 0 Å². The number of nitrogens with one attached hydrogen (secondary N) is 2. The number of carbonyl (C=O) groups excluding carboxylic acids is 1. The molecule has 0 aromatic heterocycles. The van der Waals surface area contributed by atoms with E-state index in [0.29, 0.717) is 13.0 Å². The number of hydroxylamine groups is 1. The Hall–Kier alpha value is -1.22. The molecule has 8 nitrogen and oxygen atoms in total. The third-order valence-electron chi connectivity index (χ3n) is 4.68. The lowest BCUT2D eigenvalue weighted by atomic mass is 9.95. The highest BCUT2D eigenvalue weighted by molar-refractivity contribution is 5.75. The minimum atomic E-state index is -1.22. The monoisotopic (exact) mass is 390 g/mol. The smallest absolute Gasteiger partial charge is 0.335 e. The average Bonchev–Trinajstić information content (AvgIpc) is 2.63. The summed E-state index contributed by atoms with van der Waals surface area (Å²) < 4.78 is 0. The highest BCUT2D eigenvalue weighted by Gasteiger charge is 2.33. The van der Waals surface area contributed by atoms with Gasteiger partial charge in [0.25, 0.3) is 0 Å². The summed E-state index contributed by atoms with van der Waals surface area (Å²) in [4.78, 5) is 27.5. The molecular weight excluding hydrogens is 352 g/mol. The van der Waals surface area contributed by atoms with E-state index in [1.54, 1.807) is 7.05 Å². The molecule has 0 bridgehead atoms. The average molecular weight is 391 g/mol. The van der Waals surface area contributed by atoms with Crippen LogP contribution in [0.3, 0.4) is 0 Å². The molecule has 4 unspecified atom stereocenters. The van der Waals surface area contributed by atoms with Gasteiger partial charge in [-0.05, 0) is 19.8 Å². The first kappa shape index (κ1) is 25.8. The molecule has 0 fully saturated rings. The first-order chi connectivity index (χ1) is 12.8. The SMILES string of the molecule is CNC(=O)CCCCCCCCCCNOC(C(=O)O)C(C)C(O)C(C)O. The van der Waals surface area contributed by atoms with Gasteiger partial charge in [0, 0.05) is 25.9 Å². The second-order valence-electron chi connectivity index (χ2n) is 7.11. The summed E-state index contributed by atoms with van der Waals surface area (Å²) in [5, 5.41) is 31.0. The predicted octanol–water partition coefficient (Wildman–Crippen LogP) is 1.60. The molecule has 0 saturated carbocycles. The van der Waals surface area contributed by atoms with Crippen LogP contribution in [0.15, 0.2) is 0 Å². The van der Waals surface area contributed by atoms with Gasteiger partial charge < -0.3 is 20.6 Å². The van der Waals surface area contributed by atoms with Gasteiger partial charge in [-0.25, -0.2) is 10.3 Å². The molecule has 0 aromatic rings. The van der Waals surface area contributed by atoms with E-state index in [1.165, 1.54) is 13.8 Å². The second kappa shape index (κ2) is 15.8. The molecule has 0 aromatic carbocycles. The molecule has 0 spiro atoms. The molecular formula is C19H38N2O6. The lowest BCUT2D eigenvalue weighted by molar-refractivity contribution is -0.168. The van der Waals surface area contributed by atoms with Crippen LogP contribution in [0.1, 0.15) is 71.6 Å². The van der Waals surface area contributed by atoms with E-state index >= 15 is 0 Å². The van der Waals surface area contributed by atoms with Crippen LogP contribution in [0.5, 0.6) is 0 Å². The van der Waals surface area contributed by atoms with Crippen molar-refractivity contribution in [2.24, 2.45) is 5.92 Å². The van der Waals surface area contributed by atoms with Gasteiger partial charge in [-0.2, -0.15) is 0 Å². The first-order valence-electron chi connectivity index (χ1n) is 9.99. The number of carboxylic acid groups (broad SMARTS) is 1. The molecule has 1 amide bonds. The van der Waals surface area contributed by atoms with Crippen molar-refractivity contribution in [2.75, 3.05) is 13.6 Å². The molecule has 27 heavy (non-hydrogen) atoms. The molecule has 0 saturated heterocycles. The molecule has 0 aliphatic heterocycles. The summed E-state index contributed by atoms with van der Waals surface area (Å²) in [6.07, 6.45) is 5.68. The van der Waals surface area contributed by atoms with E-state index in [9.17, 15) is 24.9 Å². The van der Waals surface area contributed by atoms with Crippen molar-refractivity contribution in [1.29, 1.82) is 0 Å². The Labute approximate surface area is 162 Å². The van der Waals surface area contributed by atoms with Crippen LogP contribution >= 0.6 is 0 Å². The predicted molar refractivity (Wildman–Crippen MR) is 103 cm³/mol. The number of rotatable bonds is 17. The second-order valence-corrected chi connectivity index (χ2v) is 7.11. The van der Waals surface area contributed by atoms with Crippen molar-refractivity contribution >= 4 is 11.9 Å². The van der Waals surface area contributed by atoms with E-state index in [0.717, 1.165) is 51.4 Å². The third-order valence-corrected chi connectivity index (χ3v) is 4.68. The Morgan fingerprint density at radius 2 is 1.44 bits per heavy atom. The van der Waals surface area contributed by atoms with Crippen LogP contribution in [-0.4, -0.2) is 59.1 Å². The van der Waals surface area contributed by atoms with Crippen LogP contribution in [0.4, 0.5) is 0 Å². The Morgan fingerprint density at radius 3 is 1.93 bits per heavy atom. The van der Waals surface area contributed by atoms with Gasteiger partial charge in [0.15, 0.2) is 6.10 Å². The number of unbranched alkanes of at least 4 members (excludes halogenated alkanes) is 7. The van der Waals surface area contributed by atoms with Gasteiger partial charge in [-0.15, -0.1) is 0 Å². The largest absolute Gasteiger partial charge is 0.479 e. The van der Waals surface area contributed by atoms with Gasteiger partial charge >= 0.3 is 5.97 Å². The summed E-state index contributed by atoms with van der Waals surface area (Å²) in [5.74, 6) is -1.81. The van der Waals surface area contributed by atoms with E-state index in [-0.39, 0.29) is 5.91 Å². The number of carboxylic acids is 1. The minimum Gasteiger partial charge on any atom is -0.479 e. The maximum absolute atomic E-state index is 11.3. The molecule has 4 atom stereocenters. The Balaban J connectivity index is 3.66. The summed E-state index contributed by atoms with van der Waals surface area (Å²) in [7, 11) is 1.66. The van der Waals surface area contributed by atoms with Gasteiger partial charge in [-0.1, -0.05) is 45.4 Å². The van der Waals surface area contributed by atoms with Crippen molar-refractivity contribution < 1.29 is 29.7 Å². The molecule has 0 heterocycles. The van der Waals surface area contributed by atoms with Gasteiger partial charge in [0.05, 0.1) is 12.2 Å². The van der Waals surface area contributed by atoms with Crippen LogP contribution in [-0.2, 0) is 14.4 Å². The molecule has 0 rings (SSSR count). The zero-order valence-electron chi connectivity index (χ0n) is 16.9. The summed E-state index contributed by atoms with van der Waals surface area (Å²) >= 11 is 0. The van der Waals surface area contributed by atoms with Crippen LogP contribution in [0, 0.1) is 5.92 Å². The van der Waals surface area contributed by atoms with Gasteiger partial charge in [-0.3, -0.25) is 9.63 Å². The molecule has 5 N–H and O–H groups in total. The number of aliphatic hydroxyl groups excluding tert-OH is 2. The number of amides is 1. The number of aliphatic hydroxyl groups is 2. The van der Waals surface area contributed by atoms with Crippen molar-refractivity contribution in [2.45, 2.75) is 89.9 Å². The standard InChI is InChI=1S/C19H38N2O6/c1-14(17(24)15(2)22)18(19(25)26)27-21-13-11-9-7-5-4-6-8-10-12-16(23)20-3/h14-15,17-18,21-22,24H,4-13H2,1-3H3,(H,20,23)(H,25,26). The Kier molecular flexibility index (Phi) is 15.1. The van der Waals surface area contributed by atoms with E-state index in [1.807, 2.05) is 0 Å². The molecule has 0 radical (unpaired) electrons. The van der Waals surface area contributed by atoms with Gasteiger partial charge in [0.1, 0.15) is 0 Å². The van der Waals surface area contributed by atoms with Crippen molar-refractivity contribution in [3.63, 3.8) is 0 Å². The number of aliphatic carboxylic acids is 1. The zero-order chi connectivity index (χ0) is 20.7. The summed E-state index contributed by atoms with van der Waals surface area (Å²) in [6.45, 7) is 3.48. The first-order valence-corrected chi connectivity index (χ1v) is 9.99. The summed E-state index contributed by atoms with van der Waals surface area (Å²) in [6, 6.07) is 0. The third kappa shape index (κ3) is 12.7. The van der Waals surface area contributed by atoms with Gasteiger partial charge in [0.2, 0.25) is 5.91 Å². The fraction of sp³-hybridized carbons (Fsp3) is 0.895. The molecule has 0 aliphatic rings. The lowest BCUT2D eigenvalue weighted by Gasteiger charge is -2.26. The number of hydrogen-bond donors (Lipinski definition) is 5. The Bertz CT molecular complexity index is 406. The Morgan fingerprint density at radius 1 is 0.926 bits per heavy atom. The van der Waals surface area contributed by atoms with Crippen LogP contribution in [0.2, 0.25) is 0 Å². The minimum absolute atomic E-state index is 0.102. The molecule has 0 aliphatic carbocycles. The van der Waals surface area contributed by atoms with E-state index in [2.05, 4.69) is 10.8 Å². The van der Waals surface area contributed by atoms with E-state index < -0.39 is 30.2 Å². The number of hydrogen-bond acceptors (Lipinski definition) is 6. The fourth-order valence-corrected chi connectivity index (χ4v) is 2.82. The zero-order valence-corrected chi connectivity index (χ0v) is 16.9. The maximum Gasteiger partial charge on any atom is 0.335 e. The normalized spacial score (nSPS) is 15.7. The summed E-state index contributed by atoms with van der Waals surface area (Å²) in [5.41, 5.74) is 2.67. The highest BCUT2D eigenvalue weighted by Crippen LogP contribution is 2.15. The maximum atomic E-state index is 11.3. The quantitative estimate of drug-likeness (QED) is 0.188.